The van der Waals surface area contributed by atoms with E-state index < -0.39 is 24.0 Å². The molecule has 0 bridgehead atoms. The van der Waals surface area contributed by atoms with Crippen molar-refractivity contribution in [1.29, 1.82) is 0 Å². The minimum atomic E-state index is -0.762. The molecule has 3 atom stereocenters. The largest absolute Gasteiger partial charge is 0.394 e. The van der Waals surface area contributed by atoms with E-state index in [1.807, 2.05) is 0 Å². The topological polar surface area (TPSA) is 128 Å². The second-order valence-electron chi connectivity index (χ2n) is 4.40. The highest BCUT2D eigenvalue weighted by Crippen LogP contribution is 2.29. The summed E-state index contributed by atoms with van der Waals surface area (Å²) in [4.78, 5) is 19.7. The number of nitrogens with zero attached hydrogens (tertiary/aromatic N) is 4. The van der Waals surface area contributed by atoms with Crippen molar-refractivity contribution < 1.29 is 14.9 Å². The highest BCUT2D eigenvalue weighted by atomic mass is 16.5. The van der Waals surface area contributed by atoms with Crippen LogP contribution in [0, 0.1) is 0 Å². The first-order chi connectivity index (χ1) is 9.11. The van der Waals surface area contributed by atoms with Crippen molar-refractivity contribution in [2.45, 2.75) is 24.9 Å². The lowest BCUT2D eigenvalue weighted by Crippen LogP contribution is -2.27. The van der Waals surface area contributed by atoms with Gasteiger partial charge in [0.1, 0.15) is 18.7 Å². The Kier molecular flexibility index (Phi) is 2.73. The van der Waals surface area contributed by atoms with Gasteiger partial charge in [-0.2, -0.15) is 0 Å². The summed E-state index contributed by atoms with van der Waals surface area (Å²) in [6.45, 7) is -0.271. The van der Waals surface area contributed by atoms with E-state index in [1.54, 1.807) is 4.57 Å². The molecule has 0 saturated carbocycles. The Balaban J connectivity index is 2.03. The molecule has 1 fully saturated rings. The molecule has 0 spiro atoms. The zero-order valence-electron chi connectivity index (χ0n) is 9.88. The van der Waals surface area contributed by atoms with E-state index in [9.17, 15) is 9.90 Å². The molecule has 3 rings (SSSR count). The van der Waals surface area contributed by atoms with E-state index in [1.165, 1.54) is 12.7 Å². The van der Waals surface area contributed by atoms with Crippen molar-refractivity contribution in [1.82, 2.24) is 19.2 Å². The predicted molar refractivity (Wildman–Crippen MR) is 63.6 cm³/mol. The minimum absolute atomic E-state index is 0.135. The second-order valence-corrected chi connectivity index (χ2v) is 4.40. The fourth-order valence-electron chi connectivity index (χ4n) is 2.19. The Morgan fingerprint density at radius 3 is 2.95 bits per heavy atom. The fourth-order valence-corrected chi connectivity index (χ4v) is 2.19. The van der Waals surface area contributed by atoms with E-state index in [0.717, 1.165) is 4.68 Å². The van der Waals surface area contributed by atoms with Gasteiger partial charge in [-0.05, 0) is 0 Å². The maximum absolute atomic E-state index is 11.7. The van der Waals surface area contributed by atoms with Gasteiger partial charge >= 0.3 is 0 Å². The van der Waals surface area contributed by atoms with Gasteiger partial charge in [0.15, 0.2) is 11.2 Å². The number of hydrogen-bond donors (Lipinski definition) is 3. The zero-order valence-corrected chi connectivity index (χ0v) is 9.88. The predicted octanol–water partition coefficient (Wildman–Crippen LogP) is -2.05. The van der Waals surface area contributed by atoms with Crippen LogP contribution in [0.15, 0.2) is 17.4 Å². The van der Waals surface area contributed by atoms with Gasteiger partial charge in [-0.3, -0.25) is 9.36 Å². The van der Waals surface area contributed by atoms with Crippen LogP contribution in [0.2, 0.25) is 0 Å². The molecule has 1 aliphatic rings. The van der Waals surface area contributed by atoms with Gasteiger partial charge < -0.3 is 20.8 Å². The van der Waals surface area contributed by atoms with E-state index >= 15 is 0 Å². The monoisotopic (exact) mass is 267 g/mol. The third kappa shape index (κ3) is 1.79. The molecule has 3 heterocycles. The molecular formula is C10H13N5O4. The molecule has 9 heteroatoms. The smallest absolute Gasteiger partial charge is 0.299 e. The SMILES string of the molecule is Nn1cnc2c(ncn2[C@H]2C[C@H](O)[C@@H](CO)O2)c1=O. The summed E-state index contributed by atoms with van der Waals surface area (Å²) in [6, 6.07) is 0. The lowest BCUT2D eigenvalue weighted by molar-refractivity contribution is -0.0432. The number of rotatable bonds is 2. The van der Waals surface area contributed by atoms with Crippen LogP contribution in [0.4, 0.5) is 0 Å². The van der Waals surface area contributed by atoms with Crippen molar-refractivity contribution >= 4 is 11.2 Å². The average molecular weight is 267 g/mol. The minimum Gasteiger partial charge on any atom is -0.394 e. The third-order valence-electron chi connectivity index (χ3n) is 3.20. The van der Waals surface area contributed by atoms with Gasteiger partial charge in [0.05, 0.1) is 19.0 Å². The van der Waals surface area contributed by atoms with Gasteiger partial charge in [-0.1, -0.05) is 0 Å². The van der Waals surface area contributed by atoms with E-state index in [-0.39, 0.29) is 12.1 Å². The summed E-state index contributed by atoms with van der Waals surface area (Å²) in [5.41, 5.74) is 0.0130. The first-order valence-corrected chi connectivity index (χ1v) is 5.75. The van der Waals surface area contributed by atoms with Crippen LogP contribution in [-0.2, 0) is 4.74 Å². The highest BCUT2D eigenvalue weighted by molar-refractivity contribution is 5.69. The number of nitrogen functional groups attached to an aromatic ring is 1. The van der Waals surface area contributed by atoms with Crippen LogP contribution in [0.25, 0.3) is 11.2 Å². The third-order valence-corrected chi connectivity index (χ3v) is 3.20. The zero-order chi connectivity index (χ0) is 13.6. The van der Waals surface area contributed by atoms with Crippen molar-refractivity contribution in [2.75, 3.05) is 12.4 Å². The number of hydrogen-bond acceptors (Lipinski definition) is 7. The summed E-state index contributed by atoms with van der Waals surface area (Å²) in [5.74, 6) is 5.40. The number of ether oxygens (including phenoxy) is 1. The molecule has 0 aromatic carbocycles. The Morgan fingerprint density at radius 2 is 2.26 bits per heavy atom. The molecular weight excluding hydrogens is 254 g/mol. The van der Waals surface area contributed by atoms with Crippen LogP contribution in [0.5, 0.6) is 0 Å². The van der Waals surface area contributed by atoms with Gasteiger partial charge in [-0.15, -0.1) is 0 Å². The first-order valence-electron chi connectivity index (χ1n) is 5.75. The molecule has 0 amide bonds. The maximum atomic E-state index is 11.7. The lowest BCUT2D eigenvalue weighted by Gasteiger charge is -2.13. The van der Waals surface area contributed by atoms with E-state index in [4.69, 9.17) is 15.7 Å². The normalized spacial score (nSPS) is 27.2. The Hall–Kier alpha value is -1.97. The van der Waals surface area contributed by atoms with Crippen LogP contribution < -0.4 is 11.4 Å². The van der Waals surface area contributed by atoms with Crippen molar-refractivity contribution in [3.05, 3.63) is 23.0 Å². The van der Waals surface area contributed by atoms with Gasteiger partial charge in [0.2, 0.25) is 0 Å². The maximum Gasteiger partial charge on any atom is 0.299 e. The van der Waals surface area contributed by atoms with Gasteiger partial charge in [0, 0.05) is 6.42 Å². The highest BCUT2D eigenvalue weighted by Gasteiger charge is 2.35. The van der Waals surface area contributed by atoms with Gasteiger partial charge in [0.25, 0.3) is 5.56 Å². The molecule has 0 aliphatic carbocycles. The molecule has 102 valence electrons. The number of aliphatic hydroxyl groups is 2. The molecule has 0 unspecified atom stereocenters. The molecule has 9 nitrogen and oxygen atoms in total. The molecule has 2 aromatic heterocycles. The number of aliphatic hydroxyl groups excluding tert-OH is 2. The number of aromatic nitrogens is 4. The second kappa shape index (κ2) is 4.30. The molecule has 1 aliphatic heterocycles. The summed E-state index contributed by atoms with van der Waals surface area (Å²) in [6.07, 6.45) is 0.982. The summed E-state index contributed by atoms with van der Waals surface area (Å²) in [7, 11) is 0. The van der Waals surface area contributed by atoms with Crippen molar-refractivity contribution in [2.24, 2.45) is 0 Å². The Bertz CT molecular complexity index is 665. The van der Waals surface area contributed by atoms with Crippen LogP contribution in [-0.4, -0.2) is 48.2 Å². The summed E-state index contributed by atoms with van der Waals surface area (Å²) >= 11 is 0. The van der Waals surface area contributed by atoms with Gasteiger partial charge in [-0.25, -0.2) is 14.6 Å². The molecule has 1 saturated heterocycles. The van der Waals surface area contributed by atoms with Crippen LogP contribution in [0.1, 0.15) is 12.6 Å². The molecule has 2 aromatic rings. The average Bonchev–Trinajstić information content (AvgIpc) is 2.97. The van der Waals surface area contributed by atoms with E-state index in [2.05, 4.69) is 9.97 Å². The van der Waals surface area contributed by atoms with Crippen molar-refractivity contribution in [3.63, 3.8) is 0 Å². The molecule has 19 heavy (non-hydrogen) atoms. The van der Waals surface area contributed by atoms with E-state index in [0.29, 0.717) is 12.1 Å². The fraction of sp³-hybridized carbons (Fsp3) is 0.500. The number of imidazole rings is 1. The first kappa shape index (κ1) is 12.1. The van der Waals surface area contributed by atoms with Crippen molar-refractivity contribution in [3.8, 4) is 0 Å². The molecule has 4 N–H and O–H groups in total. The van der Waals surface area contributed by atoms with Crippen LogP contribution >= 0.6 is 0 Å². The van der Waals surface area contributed by atoms with Crippen LogP contribution in [0.3, 0.4) is 0 Å². The number of fused-ring (bicyclic) bond motifs is 1. The standard InChI is InChI=1S/C10H13N5O4/c11-15-4-13-9-8(10(15)18)12-3-14(9)7-1-5(17)6(2-16)19-7/h3-7,16-17H,1-2,11H2/t5-,6+,7+/m0/s1. The Labute approximate surface area is 106 Å². The Morgan fingerprint density at radius 1 is 1.47 bits per heavy atom. The summed E-state index contributed by atoms with van der Waals surface area (Å²) < 4.78 is 7.89. The lowest BCUT2D eigenvalue weighted by atomic mass is 10.2. The number of nitrogens with two attached hydrogens (primary N) is 1. The molecule has 0 radical (unpaired) electrons. The quantitative estimate of drug-likeness (QED) is 0.534. The summed E-state index contributed by atoms with van der Waals surface area (Å²) in [5, 5.41) is 18.8.